The summed E-state index contributed by atoms with van der Waals surface area (Å²) in [7, 11) is 0. The first-order valence-electron chi connectivity index (χ1n) is 11.5. The van der Waals surface area contributed by atoms with Gasteiger partial charge in [0.2, 0.25) is 0 Å². The van der Waals surface area contributed by atoms with Crippen LogP contribution in [0.4, 0.5) is 15.9 Å². The van der Waals surface area contributed by atoms with E-state index >= 15 is 0 Å². The molecule has 1 saturated heterocycles. The third-order valence-electron chi connectivity index (χ3n) is 6.43. The molecule has 1 aromatic carbocycles. The number of nitrogens with one attached hydrogen (secondary N) is 1. The molecule has 0 unspecified atom stereocenters. The van der Waals surface area contributed by atoms with Crippen molar-refractivity contribution < 1.29 is 14.0 Å². The highest BCUT2D eigenvalue weighted by Crippen LogP contribution is 2.33. The summed E-state index contributed by atoms with van der Waals surface area (Å²) in [4.78, 5) is 33.1. The summed E-state index contributed by atoms with van der Waals surface area (Å²) in [5.41, 5.74) is 4.28. The van der Waals surface area contributed by atoms with Crippen molar-refractivity contribution in [2.45, 2.75) is 39.2 Å². The Labute approximate surface area is 188 Å². The highest BCUT2D eigenvalue weighted by atomic mass is 19.1. The van der Waals surface area contributed by atoms with Crippen LogP contribution < -0.4 is 10.2 Å². The van der Waals surface area contributed by atoms with Crippen molar-refractivity contribution in [2.24, 2.45) is 5.92 Å². The largest absolute Gasteiger partial charge is 0.338 e. The van der Waals surface area contributed by atoms with E-state index in [1.54, 1.807) is 11.1 Å². The Morgan fingerprint density at radius 3 is 2.94 bits per heavy atom. The second-order valence-corrected chi connectivity index (χ2v) is 8.66. The van der Waals surface area contributed by atoms with Gasteiger partial charge in [0.15, 0.2) is 0 Å². The molecule has 3 heterocycles. The van der Waals surface area contributed by atoms with Gasteiger partial charge in [-0.15, -0.1) is 0 Å². The zero-order chi connectivity index (χ0) is 22.5. The zero-order valence-corrected chi connectivity index (χ0v) is 18.6. The van der Waals surface area contributed by atoms with Crippen LogP contribution in [-0.2, 0) is 13.0 Å². The molecule has 32 heavy (non-hydrogen) atoms. The molecule has 1 N–H and O–H groups in total. The van der Waals surface area contributed by atoms with Crippen LogP contribution in [0, 0.1) is 5.92 Å². The van der Waals surface area contributed by atoms with E-state index in [9.17, 15) is 14.0 Å². The predicted octanol–water partition coefficient (Wildman–Crippen LogP) is 3.91. The third-order valence-corrected chi connectivity index (χ3v) is 6.43. The third kappa shape index (κ3) is 4.67. The minimum atomic E-state index is -0.375. The van der Waals surface area contributed by atoms with Gasteiger partial charge in [-0.1, -0.05) is 6.92 Å². The molecule has 1 aromatic heterocycles. The number of aldehydes is 1. The smallest absolute Gasteiger partial charge is 0.255 e. The highest BCUT2D eigenvalue weighted by Gasteiger charge is 2.27. The molecule has 0 aliphatic carbocycles. The number of hydrogen-bond acceptors (Lipinski definition) is 5. The van der Waals surface area contributed by atoms with Crippen LogP contribution >= 0.6 is 0 Å². The van der Waals surface area contributed by atoms with E-state index in [2.05, 4.69) is 15.2 Å². The number of aromatic nitrogens is 1. The van der Waals surface area contributed by atoms with Crippen molar-refractivity contribution in [1.82, 2.24) is 15.2 Å². The zero-order valence-electron chi connectivity index (χ0n) is 18.6. The quantitative estimate of drug-likeness (QED) is 0.664. The number of piperidine rings is 1. The number of aryl methyl sites for hydroxylation is 1. The number of nitrogens with zero attached hydrogens (tertiary/aromatic N) is 3. The summed E-state index contributed by atoms with van der Waals surface area (Å²) in [5, 5.41) is 3.29. The number of hydrogen-bond donors (Lipinski definition) is 1. The Balaban J connectivity index is 1.58. The lowest BCUT2D eigenvalue weighted by molar-refractivity contribution is 0.0656. The predicted molar refractivity (Wildman–Crippen MR) is 123 cm³/mol. The van der Waals surface area contributed by atoms with Gasteiger partial charge in [0.05, 0.1) is 12.2 Å². The monoisotopic (exact) mass is 438 g/mol. The molecule has 1 amide bonds. The van der Waals surface area contributed by atoms with Gasteiger partial charge in [0.1, 0.15) is 12.1 Å². The van der Waals surface area contributed by atoms with Crippen molar-refractivity contribution in [3.63, 3.8) is 0 Å². The number of carbonyl (C=O) groups is 2. The molecule has 0 spiro atoms. The summed E-state index contributed by atoms with van der Waals surface area (Å²) in [6, 6.07) is 7.82. The molecule has 2 aromatic rings. The van der Waals surface area contributed by atoms with Crippen molar-refractivity contribution in [3.05, 3.63) is 52.7 Å². The van der Waals surface area contributed by atoms with E-state index in [-0.39, 0.29) is 18.5 Å². The van der Waals surface area contributed by atoms with Crippen molar-refractivity contribution in [3.8, 4) is 0 Å². The number of halogens is 1. The molecule has 2 aliphatic rings. The van der Waals surface area contributed by atoms with E-state index in [0.29, 0.717) is 30.8 Å². The fourth-order valence-electron chi connectivity index (χ4n) is 4.68. The number of likely N-dealkylation sites (tertiary alicyclic amines) is 1. The lowest BCUT2D eigenvalue weighted by Gasteiger charge is -2.33. The fraction of sp³-hybridized carbons (Fsp3) is 0.480. The molecular formula is C25H31FN4O2. The molecule has 4 rings (SSSR count). The maximum Gasteiger partial charge on any atom is 0.255 e. The average molecular weight is 439 g/mol. The number of alkyl halides is 1. The Morgan fingerprint density at radius 2 is 2.16 bits per heavy atom. The average Bonchev–Trinajstić information content (AvgIpc) is 2.86. The number of anilines is 2. The van der Waals surface area contributed by atoms with Crippen LogP contribution in [0.15, 0.2) is 30.5 Å². The molecule has 6 nitrogen and oxygen atoms in total. The van der Waals surface area contributed by atoms with E-state index in [0.717, 1.165) is 67.7 Å². The SMILES string of the molecule is CCNCc1cc(N2CCCc3cc(C(=O)N4CCC[C@H](CF)C4)cnc32)ccc1C=O. The lowest BCUT2D eigenvalue weighted by Crippen LogP contribution is -2.40. The number of pyridine rings is 1. The normalized spacial score (nSPS) is 18.4. The van der Waals surface area contributed by atoms with Gasteiger partial charge in [-0.2, -0.15) is 0 Å². The van der Waals surface area contributed by atoms with E-state index in [1.165, 1.54) is 0 Å². The van der Waals surface area contributed by atoms with Crippen LogP contribution in [-0.4, -0.2) is 54.9 Å². The van der Waals surface area contributed by atoms with Crippen molar-refractivity contribution >= 4 is 23.7 Å². The summed E-state index contributed by atoms with van der Waals surface area (Å²) >= 11 is 0. The van der Waals surface area contributed by atoms with E-state index in [4.69, 9.17) is 0 Å². The van der Waals surface area contributed by atoms with Gasteiger partial charge in [-0.3, -0.25) is 14.0 Å². The Hall–Kier alpha value is -2.80. The van der Waals surface area contributed by atoms with Crippen molar-refractivity contribution in [2.75, 3.05) is 37.8 Å². The van der Waals surface area contributed by atoms with Gasteiger partial charge in [0, 0.05) is 49.5 Å². The molecular weight excluding hydrogens is 407 g/mol. The first kappa shape index (κ1) is 22.4. The minimum Gasteiger partial charge on any atom is -0.338 e. The van der Waals surface area contributed by atoms with Gasteiger partial charge in [-0.05, 0) is 67.6 Å². The van der Waals surface area contributed by atoms with Crippen LogP contribution in [0.3, 0.4) is 0 Å². The molecule has 1 atom stereocenters. The van der Waals surface area contributed by atoms with Crippen molar-refractivity contribution in [1.29, 1.82) is 0 Å². The maximum absolute atomic E-state index is 13.1. The van der Waals surface area contributed by atoms with Gasteiger partial charge >= 0.3 is 0 Å². The summed E-state index contributed by atoms with van der Waals surface area (Å²) in [5.74, 6) is 0.750. The molecule has 170 valence electrons. The Morgan fingerprint density at radius 1 is 1.28 bits per heavy atom. The van der Waals surface area contributed by atoms with Gasteiger partial charge in [-0.25, -0.2) is 4.98 Å². The topological polar surface area (TPSA) is 65.5 Å². The molecule has 0 saturated carbocycles. The second kappa shape index (κ2) is 10.2. The van der Waals surface area contributed by atoms with E-state index < -0.39 is 0 Å². The van der Waals surface area contributed by atoms with Crippen LogP contribution in [0.2, 0.25) is 0 Å². The molecule has 1 fully saturated rings. The van der Waals surface area contributed by atoms with Crippen LogP contribution in [0.1, 0.15) is 58.0 Å². The standard InChI is InChI=1S/C25H31FN4O2/c1-2-27-14-21-12-23(8-7-20(21)17-31)30-10-4-6-19-11-22(15-28-24(19)30)25(32)29-9-3-5-18(13-26)16-29/h7-8,11-12,15,17-18,27H,2-6,9-10,13-14,16H2,1H3/t18-/m1/s1. The summed E-state index contributed by atoms with van der Waals surface area (Å²) in [6.07, 6.45) is 6.05. The molecule has 0 radical (unpaired) electrons. The Kier molecular flexibility index (Phi) is 7.15. The summed E-state index contributed by atoms with van der Waals surface area (Å²) in [6.45, 7) is 5.12. The maximum atomic E-state index is 13.1. The second-order valence-electron chi connectivity index (χ2n) is 8.66. The number of amides is 1. The number of benzene rings is 1. The van der Waals surface area contributed by atoms with Gasteiger partial charge in [0.25, 0.3) is 5.91 Å². The number of rotatable bonds is 7. The first-order valence-corrected chi connectivity index (χ1v) is 11.5. The number of carbonyl (C=O) groups excluding carboxylic acids is 2. The molecule has 7 heteroatoms. The molecule has 0 bridgehead atoms. The summed E-state index contributed by atoms with van der Waals surface area (Å²) < 4.78 is 13.1. The first-order chi connectivity index (χ1) is 15.6. The minimum absolute atomic E-state index is 0.0560. The fourth-order valence-corrected chi connectivity index (χ4v) is 4.68. The molecule has 2 aliphatic heterocycles. The number of fused-ring (bicyclic) bond motifs is 1. The lowest BCUT2D eigenvalue weighted by atomic mass is 9.98. The highest BCUT2D eigenvalue weighted by molar-refractivity contribution is 5.94. The van der Waals surface area contributed by atoms with E-state index in [1.807, 2.05) is 31.2 Å². The van der Waals surface area contributed by atoms with Gasteiger partial charge < -0.3 is 15.1 Å². The van der Waals surface area contributed by atoms with Crippen LogP contribution in [0.5, 0.6) is 0 Å². The van der Waals surface area contributed by atoms with Crippen LogP contribution in [0.25, 0.3) is 0 Å². The Bertz CT molecular complexity index is 980.